The standard InChI is InChI=1S/C11H13ClO3S/c1-3-4-7-15-11-6-5-10(8-9(11)2)16(12,13)14/h3,5-6,8H,1,4,7H2,2H3. The smallest absolute Gasteiger partial charge is 0.261 e. The van der Waals surface area contributed by atoms with Gasteiger partial charge >= 0.3 is 0 Å². The van der Waals surface area contributed by atoms with E-state index in [-0.39, 0.29) is 4.90 Å². The van der Waals surface area contributed by atoms with Crippen LogP contribution in [0.15, 0.2) is 35.7 Å². The number of ether oxygens (including phenoxy) is 1. The molecule has 1 aromatic carbocycles. The van der Waals surface area contributed by atoms with Crippen molar-refractivity contribution in [3.05, 3.63) is 36.4 Å². The van der Waals surface area contributed by atoms with Crippen LogP contribution in [0.5, 0.6) is 5.75 Å². The van der Waals surface area contributed by atoms with Gasteiger partial charge in [0.25, 0.3) is 9.05 Å². The Hall–Kier alpha value is -1.00. The van der Waals surface area contributed by atoms with Crippen LogP contribution in [0.4, 0.5) is 0 Å². The van der Waals surface area contributed by atoms with E-state index in [9.17, 15) is 8.42 Å². The first-order chi connectivity index (χ1) is 7.45. The molecule has 0 heterocycles. The predicted octanol–water partition coefficient (Wildman–Crippen LogP) is 2.88. The molecule has 0 bridgehead atoms. The van der Waals surface area contributed by atoms with Gasteiger partial charge in [0.05, 0.1) is 11.5 Å². The summed E-state index contributed by atoms with van der Waals surface area (Å²) in [6.07, 6.45) is 2.50. The van der Waals surface area contributed by atoms with Gasteiger partial charge in [0, 0.05) is 10.7 Å². The molecule has 1 aromatic rings. The van der Waals surface area contributed by atoms with Gasteiger partial charge in [-0.15, -0.1) is 6.58 Å². The maximum absolute atomic E-state index is 11.1. The van der Waals surface area contributed by atoms with E-state index in [1.54, 1.807) is 19.1 Å². The number of aryl methyl sites for hydroxylation is 1. The van der Waals surface area contributed by atoms with Crippen LogP contribution in [0.25, 0.3) is 0 Å². The summed E-state index contributed by atoms with van der Waals surface area (Å²) in [4.78, 5) is 0.0859. The summed E-state index contributed by atoms with van der Waals surface area (Å²) in [5.41, 5.74) is 0.741. The van der Waals surface area contributed by atoms with Gasteiger partial charge < -0.3 is 4.74 Å². The maximum atomic E-state index is 11.1. The lowest BCUT2D eigenvalue weighted by Gasteiger charge is -2.08. The Morgan fingerprint density at radius 3 is 2.69 bits per heavy atom. The summed E-state index contributed by atoms with van der Waals surface area (Å²) in [6, 6.07) is 4.53. The van der Waals surface area contributed by atoms with Crippen LogP contribution in [0.1, 0.15) is 12.0 Å². The molecule has 0 aliphatic heterocycles. The zero-order valence-corrected chi connectivity index (χ0v) is 10.5. The minimum atomic E-state index is -3.67. The molecule has 0 N–H and O–H groups in total. The normalized spacial score (nSPS) is 11.1. The predicted molar refractivity (Wildman–Crippen MR) is 64.5 cm³/mol. The van der Waals surface area contributed by atoms with Gasteiger partial charge in [-0.2, -0.15) is 0 Å². The zero-order chi connectivity index (χ0) is 12.2. The van der Waals surface area contributed by atoms with Crippen LogP contribution in [0.2, 0.25) is 0 Å². The van der Waals surface area contributed by atoms with Crippen molar-refractivity contribution in [2.75, 3.05) is 6.61 Å². The van der Waals surface area contributed by atoms with Crippen LogP contribution in [-0.4, -0.2) is 15.0 Å². The van der Waals surface area contributed by atoms with Crippen molar-refractivity contribution in [2.45, 2.75) is 18.2 Å². The Morgan fingerprint density at radius 2 is 2.19 bits per heavy atom. The Morgan fingerprint density at radius 1 is 1.50 bits per heavy atom. The van der Waals surface area contributed by atoms with E-state index >= 15 is 0 Å². The molecular weight excluding hydrogens is 248 g/mol. The first kappa shape index (κ1) is 13.1. The molecule has 88 valence electrons. The second-order valence-electron chi connectivity index (χ2n) is 3.29. The van der Waals surface area contributed by atoms with E-state index in [1.165, 1.54) is 12.1 Å². The van der Waals surface area contributed by atoms with Crippen LogP contribution >= 0.6 is 10.7 Å². The monoisotopic (exact) mass is 260 g/mol. The Balaban J connectivity index is 2.88. The zero-order valence-electron chi connectivity index (χ0n) is 8.94. The van der Waals surface area contributed by atoms with E-state index in [0.717, 1.165) is 12.0 Å². The molecule has 1 rings (SSSR count). The summed E-state index contributed by atoms with van der Waals surface area (Å²) in [7, 11) is 1.56. The van der Waals surface area contributed by atoms with E-state index in [2.05, 4.69) is 6.58 Å². The van der Waals surface area contributed by atoms with Gasteiger partial charge in [-0.1, -0.05) is 6.08 Å². The molecule has 0 aliphatic rings. The van der Waals surface area contributed by atoms with Crippen molar-refractivity contribution in [2.24, 2.45) is 0 Å². The highest BCUT2D eigenvalue weighted by Crippen LogP contribution is 2.23. The van der Waals surface area contributed by atoms with Gasteiger partial charge in [0.15, 0.2) is 0 Å². The molecule has 5 heteroatoms. The van der Waals surface area contributed by atoms with E-state index < -0.39 is 9.05 Å². The molecule has 0 radical (unpaired) electrons. The lowest BCUT2D eigenvalue weighted by atomic mass is 10.2. The van der Waals surface area contributed by atoms with E-state index in [4.69, 9.17) is 15.4 Å². The van der Waals surface area contributed by atoms with Crippen LogP contribution in [0, 0.1) is 6.92 Å². The molecule has 0 saturated carbocycles. The minimum absolute atomic E-state index is 0.0859. The summed E-state index contributed by atoms with van der Waals surface area (Å²) in [5.74, 6) is 0.658. The molecular formula is C11H13ClO3S. The highest BCUT2D eigenvalue weighted by molar-refractivity contribution is 8.13. The second kappa shape index (κ2) is 5.37. The van der Waals surface area contributed by atoms with Crippen molar-refractivity contribution in [1.29, 1.82) is 0 Å². The SMILES string of the molecule is C=CCCOc1ccc(S(=O)(=O)Cl)cc1C. The minimum Gasteiger partial charge on any atom is -0.493 e. The third-order valence-corrected chi connectivity index (χ3v) is 3.36. The first-order valence-electron chi connectivity index (χ1n) is 4.74. The summed E-state index contributed by atoms with van der Waals surface area (Å²) >= 11 is 0. The number of benzene rings is 1. The Bertz CT molecular complexity index is 480. The third-order valence-electron chi connectivity index (χ3n) is 2.01. The topological polar surface area (TPSA) is 43.4 Å². The van der Waals surface area contributed by atoms with Gasteiger partial charge in [0.2, 0.25) is 0 Å². The molecule has 16 heavy (non-hydrogen) atoms. The molecule has 0 fully saturated rings. The summed E-state index contributed by atoms with van der Waals surface area (Å²) in [5, 5.41) is 0. The van der Waals surface area contributed by atoms with Crippen LogP contribution < -0.4 is 4.74 Å². The molecule has 0 atom stereocenters. The van der Waals surface area contributed by atoms with E-state index in [1.807, 2.05) is 0 Å². The molecule has 0 unspecified atom stereocenters. The molecule has 0 aliphatic carbocycles. The molecule has 0 amide bonds. The van der Waals surface area contributed by atoms with Crippen LogP contribution in [-0.2, 0) is 9.05 Å². The lowest BCUT2D eigenvalue weighted by Crippen LogP contribution is -1.99. The lowest BCUT2D eigenvalue weighted by molar-refractivity contribution is 0.322. The fraction of sp³-hybridized carbons (Fsp3) is 0.273. The van der Waals surface area contributed by atoms with Gasteiger partial charge in [-0.05, 0) is 37.1 Å². The van der Waals surface area contributed by atoms with Crippen molar-refractivity contribution in [3.63, 3.8) is 0 Å². The third kappa shape index (κ3) is 3.54. The fourth-order valence-electron chi connectivity index (χ4n) is 1.19. The Labute approximate surface area is 100 Å². The second-order valence-corrected chi connectivity index (χ2v) is 5.86. The van der Waals surface area contributed by atoms with Gasteiger partial charge in [-0.25, -0.2) is 8.42 Å². The van der Waals surface area contributed by atoms with E-state index in [0.29, 0.717) is 12.4 Å². The average Bonchev–Trinajstić information content (AvgIpc) is 2.19. The number of hydrogen-bond donors (Lipinski definition) is 0. The number of rotatable bonds is 5. The molecule has 3 nitrogen and oxygen atoms in total. The van der Waals surface area contributed by atoms with Crippen molar-refractivity contribution in [3.8, 4) is 5.75 Å². The molecule has 0 spiro atoms. The van der Waals surface area contributed by atoms with Crippen LogP contribution in [0.3, 0.4) is 0 Å². The first-order valence-corrected chi connectivity index (χ1v) is 7.05. The summed E-state index contributed by atoms with van der Waals surface area (Å²) < 4.78 is 27.6. The number of hydrogen-bond acceptors (Lipinski definition) is 3. The van der Waals surface area contributed by atoms with Crippen molar-refractivity contribution >= 4 is 19.7 Å². The maximum Gasteiger partial charge on any atom is 0.261 e. The van der Waals surface area contributed by atoms with Gasteiger partial charge in [-0.3, -0.25) is 0 Å². The molecule has 0 saturated heterocycles. The highest BCUT2D eigenvalue weighted by atomic mass is 35.7. The largest absolute Gasteiger partial charge is 0.493 e. The van der Waals surface area contributed by atoms with Gasteiger partial charge in [0.1, 0.15) is 5.75 Å². The molecule has 0 aromatic heterocycles. The average molecular weight is 261 g/mol. The van der Waals surface area contributed by atoms with Crippen molar-refractivity contribution < 1.29 is 13.2 Å². The number of halogens is 1. The van der Waals surface area contributed by atoms with Crippen molar-refractivity contribution in [1.82, 2.24) is 0 Å². The highest BCUT2D eigenvalue weighted by Gasteiger charge is 2.11. The Kier molecular flexibility index (Phi) is 4.38. The summed E-state index contributed by atoms with van der Waals surface area (Å²) in [6.45, 7) is 5.88. The fourth-order valence-corrected chi connectivity index (χ4v) is 2.02. The quantitative estimate of drug-likeness (QED) is 0.464.